The van der Waals surface area contributed by atoms with Crippen LogP contribution in [0.4, 0.5) is 24.5 Å². The van der Waals surface area contributed by atoms with Crippen molar-refractivity contribution in [3.05, 3.63) is 53.6 Å². The second-order valence-electron chi connectivity index (χ2n) is 4.69. The Morgan fingerprint density at radius 2 is 1.91 bits per heavy atom. The van der Waals surface area contributed by atoms with Crippen molar-refractivity contribution < 1.29 is 22.7 Å². The summed E-state index contributed by atoms with van der Waals surface area (Å²) in [7, 11) is 0. The van der Waals surface area contributed by atoms with Gasteiger partial charge in [0.15, 0.2) is 0 Å². The number of carbonyl (C=O) groups excluding carboxylic acids is 1. The van der Waals surface area contributed by atoms with Gasteiger partial charge in [-0.1, -0.05) is 12.1 Å². The average Bonchev–Trinajstić information content (AvgIpc) is 2.48. The highest BCUT2D eigenvalue weighted by Gasteiger charge is 2.33. The van der Waals surface area contributed by atoms with Crippen LogP contribution in [0.15, 0.2) is 42.5 Å². The van der Waals surface area contributed by atoms with Crippen molar-refractivity contribution in [3.8, 4) is 5.75 Å². The van der Waals surface area contributed by atoms with Gasteiger partial charge in [0.25, 0.3) is 5.91 Å². The second-order valence-corrected chi connectivity index (χ2v) is 4.69. The summed E-state index contributed by atoms with van der Waals surface area (Å²) in [6.45, 7) is 2.04. The third-order valence-electron chi connectivity index (χ3n) is 3.03. The Morgan fingerprint density at radius 1 is 1.22 bits per heavy atom. The maximum atomic E-state index is 13.0. The number of hydrogen-bond acceptors (Lipinski definition) is 3. The van der Waals surface area contributed by atoms with Gasteiger partial charge in [0.2, 0.25) is 0 Å². The lowest BCUT2D eigenvalue weighted by molar-refractivity contribution is -0.136. The first-order valence-corrected chi connectivity index (χ1v) is 6.83. The fourth-order valence-electron chi connectivity index (χ4n) is 2.04. The maximum Gasteiger partial charge on any atom is 0.418 e. The number of nitrogens with one attached hydrogen (secondary N) is 1. The van der Waals surface area contributed by atoms with E-state index in [0.717, 1.165) is 6.07 Å². The Kier molecular flexibility index (Phi) is 4.78. The quantitative estimate of drug-likeness (QED) is 0.837. The van der Waals surface area contributed by atoms with Gasteiger partial charge in [-0.2, -0.15) is 13.2 Å². The number of nitrogens with two attached hydrogens (primary N) is 1. The number of alkyl halides is 3. The second kappa shape index (κ2) is 6.60. The molecule has 7 heteroatoms. The highest BCUT2D eigenvalue weighted by Crippen LogP contribution is 2.35. The maximum absolute atomic E-state index is 13.0. The molecular weight excluding hydrogens is 309 g/mol. The number of rotatable bonds is 4. The van der Waals surface area contributed by atoms with E-state index < -0.39 is 17.6 Å². The van der Waals surface area contributed by atoms with Crippen LogP contribution in [0.3, 0.4) is 0 Å². The van der Waals surface area contributed by atoms with Crippen molar-refractivity contribution in [2.45, 2.75) is 13.1 Å². The molecule has 2 rings (SSSR count). The molecule has 0 saturated heterocycles. The van der Waals surface area contributed by atoms with E-state index in [9.17, 15) is 18.0 Å². The van der Waals surface area contributed by atoms with E-state index in [1.54, 1.807) is 13.0 Å². The number of benzene rings is 2. The molecule has 0 bridgehead atoms. The lowest BCUT2D eigenvalue weighted by atomic mass is 10.1. The molecule has 0 heterocycles. The number of hydrogen-bond donors (Lipinski definition) is 2. The van der Waals surface area contributed by atoms with Gasteiger partial charge in [0.05, 0.1) is 23.4 Å². The minimum absolute atomic E-state index is 0.0730. The van der Waals surface area contributed by atoms with Crippen LogP contribution in [0.2, 0.25) is 0 Å². The molecule has 0 saturated carbocycles. The summed E-state index contributed by atoms with van der Waals surface area (Å²) in [5.41, 5.74) is 4.77. The van der Waals surface area contributed by atoms with E-state index >= 15 is 0 Å². The van der Waals surface area contributed by atoms with Crippen LogP contribution >= 0.6 is 0 Å². The summed E-state index contributed by atoms with van der Waals surface area (Å²) in [4.78, 5) is 12.3. The van der Waals surface area contributed by atoms with Crippen LogP contribution in [0.5, 0.6) is 5.75 Å². The van der Waals surface area contributed by atoms with Gasteiger partial charge in [-0.3, -0.25) is 4.79 Å². The molecular formula is C16H15F3N2O2. The van der Waals surface area contributed by atoms with E-state index in [2.05, 4.69) is 5.32 Å². The molecule has 0 aromatic heterocycles. The first-order chi connectivity index (χ1) is 10.8. The summed E-state index contributed by atoms with van der Waals surface area (Å²) < 4.78 is 44.2. The molecule has 0 aliphatic rings. The van der Waals surface area contributed by atoms with Gasteiger partial charge in [-0.05, 0) is 37.3 Å². The monoisotopic (exact) mass is 324 g/mol. The lowest BCUT2D eigenvalue weighted by Crippen LogP contribution is -2.17. The molecule has 0 aliphatic carbocycles. The van der Waals surface area contributed by atoms with Crippen molar-refractivity contribution >= 4 is 17.3 Å². The fraction of sp³-hybridized carbons (Fsp3) is 0.188. The zero-order chi connectivity index (χ0) is 17.0. The van der Waals surface area contributed by atoms with Gasteiger partial charge < -0.3 is 15.8 Å². The van der Waals surface area contributed by atoms with Crippen molar-refractivity contribution in [1.29, 1.82) is 0 Å². The number of carbonyl (C=O) groups is 1. The van der Waals surface area contributed by atoms with E-state index in [1.807, 2.05) is 0 Å². The highest BCUT2D eigenvalue weighted by atomic mass is 19.4. The molecule has 3 N–H and O–H groups in total. The molecule has 0 fully saturated rings. The molecule has 0 atom stereocenters. The molecule has 2 aromatic rings. The van der Waals surface area contributed by atoms with Crippen molar-refractivity contribution in [1.82, 2.24) is 0 Å². The molecule has 1 amide bonds. The van der Waals surface area contributed by atoms with Gasteiger partial charge in [-0.15, -0.1) is 0 Å². The first kappa shape index (κ1) is 16.7. The molecule has 4 nitrogen and oxygen atoms in total. The van der Waals surface area contributed by atoms with Crippen molar-refractivity contribution in [2.75, 3.05) is 17.7 Å². The van der Waals surface area contributed by atoms with Crippen LogP contribution in [0.25, 0.3) is 0 Å². The predicted molar refractivity (Wildman–Crippen MR) is 81.4 cm³/mol. The normalized spacial score (nSPS) is 11.1. The standard InChI is InChI=1S/C16H15F3N2O2/c1-2-23-14-8-7-10(20)9-11(14)15(22)21-13-6-4-3-5-12(13)16(17,18)19/h3-9H,2,20H2,1H3,(H,21,22). The van der Waals surface area contributed by atoms with Gasteiger partial charge in [-0.25, -0.2) is 0 Å². The van der Waals surface area contributed by atoms with E-state index in [4.69, 9.17) is 10.5 Å². The summed E-state index contributed by atoms with van der Waals surface area (Å²) >= 11 is 0. The van der Waals surface area contributed by atoms with Crippen LogP contribution in [0.1, 0.15) is 22.8 Å². The Hall–Kier alpha value is -2.70. The average molecular weight is 324 g/mol. The van der Waals surface area contributed by atoms with E-state index in [1.165, 1.54) is 30.3 Å². The highest BCUT2D eigenvalue weighted by molar-refractivity contribution is 6.07. The number of amides is 1. The molecule has 0 radical (unpaired) electrons. The Bertz CT molecular complexity index is 715. The third kappa shape index (κ3) is 3.94. The Morgan fingerprint density at radius 3 is 2.57 bits per heavy atom. The van der Waals surface area contributed by atoms with E-state index in [0.29, 0.717) is 12.3 Å². The molecule has 2 aromatic carbocycles. The number of anilines is 2. The van der Waals surface area contributed by atoms with Crippen LogP contribution in [-0.2, 0) is 6.18 Å². The number of para-hydroxylation sites is 1. The Labute approximate surface area is 131 Å². The Balaban J connectivity index is 2.36. The van der Waals surface area contributed by atoms with Crippen LogP contribution in [0, 0.1) is 0 Å². The summed E-state index contributed by atoms with van der Waals surface area (Å²) in [6.07, 6.45) is -4.57. The van der Waals surface area contributed by atoms with Crippen molar-refractivity contribution in [2.24, 2.45) is 0 Å². The lowest BCUT2D eigenvalue weighted by Gasteiger charge is -2.15. The predicted octanol–water partition coefficient (Wildman–Crippen LogP) is 3.94. The fourth-order valence-corrected chi connectivity index (χ4v) is 2.04. The zero-order valence-electron chi connectivity index (χ0n) is 12.3. The molecule has 0 spiro atoms. The van der Waals surface area contributed by atoms with E-state index in [-0.39, 0.29) is 17.0 Å². The first-order valence-electron chi connectivity index (χ1n) is 6.83. The molecule has 23 heavy (non-hydrogen) atoms. The van der Waals surface area contributed by atoms with Gasteiger partial charge in [0, 0.05) is 5.69 Å². The summed E-state index contributed by atoms with van der Waals surface area (Å²) in [6, 6.07) is 9.16. The summed E-state index contributed by atoms with van der Waals surface area (Å²) in [5.74, 6) is -0.471. The number of halogens is 3. The van der Waals surface area contributed by atoms with Gasteiger partial charge in [0.1, 0.15) is 5.75 Å². The number of ether oxygens (including phenoxy) is 1. The van der Waals surface area contributed by atoms with Crippen LogP contribution < -0.4 is 15.8 Å². The molecule has 0 unspecified atom stereocenters. The van der Waals surface area contributed by atoms with Crippen molar-refractivity contribution in [3.63, 3.8) is 0 Å². The minimum atomic E-state index is -4.57. The van der Waals surface area contributed by atoms with Gasteiger partial charge >= 0.3 is 6.18 Å². The minimum Gasteiger partial charge on any atom is -0.493 e. The smallest absolute Gasteiger partial charge is 0.418 e. The zero-order valence-corrected chi connectivity index (χ0v) is 12.3. The van der Waals surface area contributed by atoms with Crippen LogP contribution in [-0.4, -0.2) is 12.5 Å². The topological polar surface area (TPSA) is 64.3 Å². The summed E-state index contributed by atoms with van der Waals surface area (Å²) in [5, 5.41) is 2.26. The number of nitrogen functional groups attached to an aromatic ring is 1. The SMILES string of the molecule is CCOc1ccc(N)cc1C(=O)Nc1ccccc1C(F)(F)F. The largest absolute Gasteiger partial charge is 0.493 e. The molecule has 0 aliphatic heterocycles. The molecule has 122 valence electrons. The third-order valence-corrected chi connectivity index (χ3v) is 3.03.